The molecule has 1 atom stereocenters. The molecule has 76 valence electrons. The summed E-state index contributed by atoms with van der Waals surface area (Å²) < 4.78 is 0. The lowest BCUT2D eigenvalue weighted by Crippen LogP contribution is -2.30. The Morgan fingerprint density at radius 2 is 2.33 bits per heavy atom. The molecule has 2 N–H and O–H groups in total. The van der Waals surface area contributed by atoms with Crippen molar-refractivity contribution in [3.63, 3.8) is 0 Å². The van der Waals surface area contributed by atoms with Crippen molar-refractivity contribution in [2.45, 2.75) is 6.42 Å². The fourth-order valence-corrected chi connectivity index (χ4v) is 1.59. The minimum Gasteiger partial charge on any atom is -0.364 e. The number of allylic oxidation sites excluding steroid dienone is 4. The van der Waals surface area contributed by atoms with Gasteiger partial charge in [0.05, 0.1) is 5.92 Å². The van der Waals surface area contributed by atoms with Crippen molar-refractivity contribution in [1.29, 1.82) is 0 Å². The average molecular weight is 203 g/mol. The van der Waals surface area contributed by atoms with Crippen molar-refractivity contribution in [3.05, 3.63) is 23.8 Å². The first-order chi connectivity index (χ1) is 7.18. The SMILES string of the molecule is NC(=O)C1=NN=CC1C1=CC(=O)C=CC1. The van der Waals surface area contributed by atoms with Gasteiger partial charge in [0.25, 0.3) is 5.91 Å². The van der Waals surface area contributed by atoms with Gasteiger partial charge in [-0.2, -0.15) is 5.10 Å². The number of hydrogen-bond acceptors (Lipinski definition) is 4. The molecule has 0 radical (unpaired) electrons. The molecule has 2 rings (SSSR count). The highest BCUT2D eigenvalue weighted by Crippen LogP contribution is 2.22. The van der Waals surface area contributed by atoms with Crippen LogP contribution in [0.25, 0.3) is 0 Å². The third kappa shape index (κ3) is 1.76. The molecule has 2 aliphatic rings. The zero-order valence-corrected chi connectivity index (χ0v) is 7.88. The van der Waals surface area contributed by atoms with Gasteiger partial charge in [-0.25, -0.2) is 0 Å². The highest BCUT2D eigenvalue weighted by Gasteiger charge is 2.27. The van der Waals surface area contributed by atoms with E-state index in [4.69, 9.17) is 5.73 Å². The molecule has 1 amide bonds. The van der Waals surface area contributed by atoms with Crippen LogP contribution in [0.3, 0.4) is 0 Å². The molecular formula is C10H9N3O2. The van der Waals surface area contributed by atoms with E-state index in [0.29, 0.717) is 6.42 Å². The minimum atomic E-state index is -0.597. The van der Waals surface area contributed by atoms with E-state index in [-0.39, 0.29) is 17.4 Å². The summed E-state index contributed by atoms with van der Waals surface area (Å²) in [5, 5.41) is 7.31. The van der Waals surface area contributed by atoms with Crippen LogP contribution in [0.1, 0.15) is 6.42 Å². The van der Waals surface area contributed by atoms with E-state index in [2.05, 4.69) is 10.2 Å². The van der Waals surface area contributed by atoms with Crippen LogP contribution >= 0.6 is 0 Å². The second-order valence-electron chi connectivity index (χ2n) is 3.32. The summed E-state index contributed by atoms with van der Waals surface area (Å²) in [6.45, 7) is 0. The fourth-order valence-electron chi connectivity index (χ4n) is 1.59. The third-order valence-electron chi connectivity index (χ3n) is 2.29. The molecule has 0 aromatic rings. The predicted octanol–water partition coefficient (Wildman–Crippen LogP) is -0.0163. The van der Waals surface area contributed by atoms with Gasteiger partial charge in [-0.1, -0.05) is 6.08 Å². The van der Waals surface area contributed by atoms with Gasteiger partial charge in [0.2, 0.25) is 0 Å². The Kier molecular flexibility index (Phi) is 2.29. The Hall–Kier alpha value is -2.04. The number of carbonyl (C=O) groups is 2. The van der Waals surface area contributed by atoms with E-state index in [1.807, 2.05) is 0 Å². The lowest BCUT2D eigenvalue weighted by molar-refractivity contribution is -0.112. The van der Waals surface area contributed by atoms with E-state index in [0.717, 1.165) is 5.57 Å². The summed E-state index contributed by atoms with van der Waals surface area (Å²) in [6, 6.07) is 0. The molecule has 5 heteroatoms. The smallest absolute Gasteiger partial charge is 0.266 e. The highest BCUT2D eigenvalue weighted by molar-refractivity contribution is 6.43. The average Bonchev–Trinajstić information content (AvgIpc) is 2.65. The Labute approximate surface area is 86.1 Å². The molecule has 1 aliphatic carbocycles. The number of hydrogen-bond donors (Lipinski definition) is 1. The van der Waals surface area contributed by atoms with E-state index in [1.54, 1.807) is 6.08 Å². The van der Waals surface area contributed by atoms with Crippen LogP contribution in [-0.2, 0) is 9.59 Å². The summed E-state index contributed by atoms with van der Waals surface area (Å²) in [5.41, 5.74) is 6.15. The zero-order valence-electron chi connectivity index (χ0n) is 7.88. The van der Waals surface area contributed by atoms with Gasteiger partial charge in [0.1, 0.15) is 5.71 Å². The standard InChI is InChI=1S/C10H9N3O2/c11-10(15)9-8(5-12-13-9)6-2-1-3-7(14)4-6/h1,3-5,8H,2H2,(H2,11,15). The fraction of sp³-hybridized carbons (Fsp3) is 0.200. The number of nitrogens with two attached hydrogens (primary N) is 1. The first-order valence-corrected chi connectivity index (χ1v) is 4.50. The summed E-state index contributed by atoms with van der Waals surface area (Å²) in [6.07, 6.45) is 6.90. The van der Waals surface area contributed by atoms with Crippen LogP contribution in [0.15, 0.2) is 34.0 Å². The maximum absolute atomic E-state index is 11.1. The minimum absolute atomic E-state index is 0.0830. The van der Waals surface area contributed by atoms with Gasteiger partial charge in [0.15, 0.2) is 5.78 Å². The molecule has 1 aliphatic heterocycles. The maximum atomic E-state index is 11.1. The Balaban J connectivity index is 2.25. The van der Waals surface area contributed by atoms with Crippen molar-refractivity contribution in [3.8, 4) is 0 Å². The topological polar surface area (TPSA) is 84.9 Å². The lowest BCUT2D eigenvalue weighted by Gasteiger charge is -2.13. The molecule has 1 heterocycles. The molecule has 0 aromatic carbocycles. The van der Waals surface area contributed by atoms with Crippen molar-refractivity contribution >= 4 is 23.6 Å². The Morgan fingerprint density at radius 1 is 1.53 bits per heavy atom. The van der Waals surface area contributed by atoms with Gasteiger partial charge in [-0.15, -0.1) is 5.10 Å². The van der Waals surface area contributed by atoms with Crippen molar-refractivity contribution < 1.29 is 9.59 Å². The van der Waals surface area contributed by atoms with Gasteiger partial charge in [-0.3, -0.25) is 9.59 Å². The number of carbonyl (C=O) groups excluding carboxylic acids is 2. The molecule has 15 heavy (non-hydrogen) atoms. The summed E-state index contributed by atoms with van der Waals surface area (Å²) in [7, 11) is 0. The van der Waals surface area contributed by atoms with Crippen LogP contribution in [0.4, 0.5) is 0 Å². The quantitative estimate of drug-likeness (QED) is 0.684. The molecular weight excluding hydrogens is 194 g/mol. The van der Waals surface area contributed by atoms with Gasteiger partial charge in [-0.05, 0) is 24.1 Å². The first kappa shape index (κ1) is 9.51. The van der Waals surface area contributed by atoms with Crippen LogP contribution in [-0.4, -0.2) is 23.6 Å². The van der Waals surface area contributed by atoms with Gasteiger partial charge in [0, 0.05) is 6.21 Å². The molecule has 0 fully saturated rings. The van der Waals surface area contributed by atoms with Crippen LogP contribution in [0.2, 0.25) is 0 Å². The lowest BCUT2D eigenvalue weighted by atomic mass is 9.89. The van der Waals surface area contributed by atoms with E-state index in [9.17, 15) is 9.59 Å². The van der Waals surface area contributed by atoms with E-state index < -0.39 is 5.91 Å². The number of primary amides is 1. The molecule has 0 bridgehead atoms. The third-order valence-corrected chi connectivity index (χ3v) is 2.29. The van der Waals surface area contributed by atoms with Gasteiger partial charge >= 0.3 is 0 Å². The van der Waals surface area contributed by atoms with Crippen LogP contribution in [0, 0.1) is 5.92 Å². The highest BCUT2D eigenvalue weighted by atomic mass is 16.1. The van der Waals surface area contributed by atoms with Crippen molar-refractivity contribution in [1.82, 2.24) is 0 Å². The number of amides is 1. The molecule has 0 spiro atoms. The number of ketones is 1. The number of rotatable bonds is 2. The molecule has 0 aromatic heterocycles. The van der Waals surface area contributed by atoms with E-state index >= 15 is 0 Å². The molecule has 0 saturated carbocycles. The van der Waals surface area contributed by atoms with Crippen molar-refractivity contribution in [2.24, 2.45) is 21.9 Å². The molecule has 1 unspecified atom stereocenters. The number of nitrogens with zero attached hydrogens (tertiary/aromatic N) is 2. The monoisotopic (exact) mass is 203 g/mol. The molecule has 0 saturated heterocycles. The molecule has 5 nitrogen and oxygen atoms in total. The summed E-state index contributed by atoms with van der Waals surface area (Å²) in [5.74, 6) is -1.02. The predicted molar refractivity (Wildman–Crippen MR) is 55.5 cm³/mol. The van der Waals surface area contributed by atoms with E-state index in [1.165, 1.54) is 18.4 Å². The normalized spacial score (nSPS) is 24.0. The second-order valence-corrected chi connectivity index (χ2v) is 3.32. The van der Waals surface area contributed by atoms with Crippen LogP contribution in [0.5, 0.6) is 0 Å². The summed E-state index contributed by atoms with van der Waals surface area (Å²) in [4.78, 5) is 22.2. The van der Waals surface area contributed by atoms with Gasteiger partial charge < -0.3 is 5.73 Å². The Bertz CT molecular complexity index is 444. The Morgan fingerprint density at radius 3 is 3.00 bits per heavy atom. The first-order valence-electron chi connectivity index (χ1n) is 4.50. The second kappa shape index (κ2) is 3.61. The van der Waals surface area contributed by atoms with Crippen molar-refractivity contribution in [2.75, 3.05) is 0 Å². The largest absolute Gasteiger partial charge is 0.364 e. The zero-order chi connectivity index (χ0) is 10.8. The summed E-state index contributed by atoms with van der Waals surface area (Å²) >= 11 is 0. The van der Waals surface area contributed by atoms with Crippen LogP contribution < -0.4 is 5.73 Å². The maximum Gasteiger partial charge on any atom is 0.266 e.